The third-order valence-corrected chi connectivity index (χ3v) is 21.0. The second-order valence-electron chi connectivity index (χ2n) is 31.3. The molecule has 2 aliphatic rings. The van der Waals surface area contributed by atoms with Crippen LogP contribution in [-0.4, -0.2) is 263 Å². The number of rotatable bonds is 27. The molecule has 1 unspecified atom stereocenters. The van der Waals surface area contributed by atoms with Crippen LogP contribution >= 0.6 is 11.8 Å². The Morgan fingerprint density at radius 3 is 1.50 bits per heavy atom. The van der Waals surface area contributed by atoms with Crippen molar-refractivity contribution >= 4 is 82.6 Å². The van der Waals surface area contributed by atoms with Gasteiger partial charge in [0, 0.05) is 69.4 Å². The van der Waals surface area contributed by atoms with Crippen molar-refractivity contribution in [1.82, 2.24) is 60.9 Å². The quantitative estimate of drug-likeness (QED) is 0.0532. The molecule has 2 rings (SSSR count). The van der Waals surface area contributed by atoms with E-state index in [1.807, 2.05) is 55.4 Å². The fourth-order valence-electron chi connectivity index (χ4n) is 13.3. The van der Waals surface area contributed by atoms with Crippen molar-refractivity contribution in [2.24, 2.45) is 41.4 Å². The summed E-state index contributed by atoms with van der Waals surface area (Å²) in [6, 6.07) is -12.8. The van der Waals surface area contributed by atoms with Crippen LogP contribution < -0.4 is 26.6 Å². The number of likely N-dealkylation sites (N-methyl/N-ethyl adjacent to an activating group) is 7. The summed E-state index contributed by atoms with van der Waals surface area (Å²) in [6.07, 6.45) is 5.92. The minimum Gasteiger partial charge on any atom is -0.390 e. The van der Waals surface area contributed by atoms with Gasteiger partial charge in [-0.25, -0.2) is 0 Å². The van der Waals surface area contributed by atoms with Gasteiger partial charge in [0.2, 0.25) is 65.0 Å². The number of ether oxygens (including phenoxy) is 2. The molecular formula is C75H136N12O15S. The number of nitrogens with one attached hydrogen (secondary N) is 5. The second-order valence-corrected chi connectivity index (χ2v) is 32.5. The highest BCUT2D eigenvalue weighted by molar-refractivity contribution is 8.00. The normalized spacial score (nSPS) is 26.5. The molecule has 0 aromatic rings. The average molecular weight is 1480 g/mol. The van der Waals surface area contributed by atoms with Crippen LogP contribution in [0, 0.1) is 41.4 Å². The SMILES string of the molecule is CC[C@@H]1NC(=O)[C@H]([C@H](O)[C@H](C)CCCCCCCNC(C)=O)N(C)C(=O)[C@H](C(C)C)N(C)C(=O)[C@H](CC(C)C)N(C)C(=O)[C@H](CC(C)C)N(C)C(=O)[C@H](C)NC(=O)[C@@H](C)NC(=O)[C@@H](CC(C)C)N(C)C(=O)[C@@H](C(C)C)NC(=O)[C@H](CC(C)C)N(C)C(=O)[C@@H](SCCCOC2CCCCO2)N(C)C1=O. The van der Waals surface area contributed by atoms with Crippen molar-refractivity contribution in [3.05, 3.63) is 0 Å². The molecule has 28 heteroatoms. The highest BCUT2D eigenvalue weighted by atomic mass is 32.2. The van der Waals surface area contributed by atoms with E-state index in [1.54, 1.807) is 41.5 Å². The maximum Gasteiger partial charge on any atom is 0.256 e. The summed E-state index contributed by atoms with van der Waals surface area (Å²) in [6.45, 7) is 31.1. The highest BCUT2D eigenvalue weighted by Crippen LogP contribution is 2.28. The van der Waals surface area contributed by atoms with E-state index in [4.69, 9.17) is 9.47 Å². The Bertz CT molecular complexity index is 2750. The van der Waals surface area contributed by atoms with E-state index >= 15 is 33.6 Å². The van der Waals surface area contributed by atoms with E-state index < -0.39 is 155 Å². The molecule has 12 amide bonds. The molecule has 2 heterocycles. The van der Waals surface area contributed by atoms with E-state index in [1.165, 1.54) is 99.5 Å². The molecule has 2 aliphatic heterocycles. The molecule has 0 radical (unpaired) electrons. The van der Waals surface area contributed by atoms with Crippen LogP contribution in [0.15, 0.2) is 0 Å². The summed E-state index contributed by atoms with van der Waals surface area (Å²) in [7, 11) is 10.1. The molecule has 0 aromatic carbocycles. The molecule has 2 fully saturated rings. The first-order valence-corrected chi connectivity index (χ1v) is 39.0. The van der Waals surface area contributed by atoms with Crippen molar-refractivity contribution in [2.75, 3.05) is 74.8 Å². The lowest BCUT2D eigenvalue weighted by Gasteiger charge is -2.41. The molecule has 0 saturated carbocycles. The third kappa shape index (κ3) is 28.9. The van der Waals surface area contributed by atoms with Gasteiger partial charge in [-0.3, -0.25) is 57.5 Å². The smallest absolute Gasteiger partial charge is 0.256 e. The first-order chi connectivity index (χ1) is 48.0. The summed E-state index contributed by atoms with van der Waals surface area (Å²) in [5.74, 6) is -9.88. The van der Waals surface area contributed by atoms with E-state index in [0.29, 0.717) is 32.4 Å². The second kappa shape index (κ2) is 45.4. The van der Waals surface area contributed by atoms with E-state index in [-0.39, 0.29) is 80.3 Å². The fourth-order valence-corrected chi connectivity index (χ4v) is 14.4. The third-order valence-electron chi connectivity index (χ3n) is 19.7. The van der Waals surface area contributed by atoms with Crippen molar-refractivity contribution in [2.45, 2.75) is 292 Å². The van der Waals surface area contributed by atoms with Crippen LogP contribution in [0.4, 0.5) is 0 Å². The summed E-state index contributed by atoms with van der Waals surface area (Å²) in [5.41, 5.74) is 0. The number of aliphatic hydroxyl groups is 1. The van der Waals surface area contributed by atoms with Gasteiger partial charge < -0.3 is 75.5 Å². The van der Waals surface area contributed by atoms with Crippen molar-refractivity contribution in [1.29, 1.82) is 0 Å². The number of unbranched alkanes of at least 4 members (excludes halogenated alkanes) is 4. The monoisotopic (exact) mass is 1480 g/mol. The Morgan fingerprint density at radius 2 is 0.990 bits per heavy atom. The predicted molar refractivity (Wildman–Crippen MR) is 401 cm³/mol. The van der Waals surface area contributed by atoms with E-state index in [9.17, 15) is 29.1 Å². The molecule has 2 saturated heterocycles. The number of nitrogens with zero attached hydrogens (tertiary/aromatic N) is 7. The topological polar surface area (TPSA) is 326 Å². The van der Waals surface area contributed by atoms with Gasteiger partial charge in [-0.15, -0.1) is 11.8 Å². The predicted octanol–water partition coefficient (Wildman–Crippen LogP) is 5.77. The van der Waals surface area contributed by atoms with Crippen molar-refractivity contribution in [3.63, 3.8) is 0 Å². The number of hydrogen-bond acceptors (Lipinski definition) is 16. The van der Waals surface area contributed by atoms with Gasteiger partial charge in [-0.05, 0) is 132 Å². The molecule has 103 heavy (non-hydrogen) atoms. The number of amides is 12. The number of hydrogen-bond donors (Lipinski definition) is 6. The number of carbonyl (C=O) groups excluding carboxylic acids is 12. The molecule has 6 N–H and O–H groups in total. The van der Waals surface area contributed by atoms with Crippen LogP contribution in [-0.2, 0) is 67.0 Å². The first-order valence-electron chi connectivity index (χ1n) is 37.9. The molecule has 27 nitrogen and oxygen atoms in total. The van der Waals surface area contributed by atoms with Crippen molar-refractivity contribution in [3.8, 4) is 0 Å². The standard InChI is InChI=1S/C75H136N12O15S/c1-25-54-69(95)87(24)75(103-39-33-38-102-59-35-30-32-37-101-59)74(100)82(19)56(41-45(4)5)66(92)80-60(48(10)11)72(98)81(18)55(40-44(2)3)65(91)77-51(15)64(90)78-52(16)68(94)83(20)57(42-46(6)7)70(96)84(21)58(43-47(8)9)71(97)85(22)61(49(12)13)73(99)86(23)62(67(93)79-54)63(89)50(14)34-29-27-26-28-31-36-76-53(17)88/h44-52,54-63,75,89H,25-43H2,1-24H3,(H,76,88)(H,77,91)(H,78,90)(H,79,93)(H,80,92)/t50-,51-,52+,54+,55-,56+,57+,58+,59?,60-,61+,62+,63-,75-/m1/s1. The Morgan fingerprint density at radius 1 is 0.515 bits per heavy atom. The van der Waals surface area contributed by atoms with Gasteiger partial charge in [0.1, 0.15) is 60.4 Å². The summed E-state index contributed by atoms with van der Waals surface area (Å²) < 4.78 is 11.8. The van der Waals surface area contributed by atoms with Gasteiger partial charge in [0.05, 0.1) is 12.7 Å². The molecular weight excluding hydrogens is 1340 g/mol. The summed E-state index contributed by atoms with van der Waals surface area (Å²) >= 11 is 1.13. The van der Waals surface area contributed by atoms with E-state index in [2.05, 4.69) is 26.6 Å². The average Bonchev–Trinajstić information content (AvgIpc) is 0.813. The van der Waals surface area contributed by atoms with Gasteiger partial charge >= 0.3 is 0 Å². The van der Waals surface area contributed by atoms with Gasteiger partial charge in [-0.2, -0.15) is 0 Å². The summed E-state index contributed by atoms with van der Waals surface area (Å²) in [5, 5.41) is 25.3. The highest BCUT2D eigenvalue weighted by Gasteiger charge is 2.47. The van der Waals surface area contributed by atoms with Crippen LogP contribution in [0.2, 0.25) is 0 Å². The van der Waals surface area contributed by atoms with Gasteiger partial charge in [0.25, 0.3) is 5.91 Å². The fraction of sp³-hybridized carbons (Fsp3) is 0.840. The molecule has 0 spiro atoms. The lowest BCUT2D eigenvalue weighted by atomic mass is 9.90. The molecule has 592 valence electrons. The number of carbonyl (C=O) groups is 12. The van der Waals surface area contributed by atoms with Gasteiger partial charge in [0.15, 0.2) is 11.7 Å². The summed E-state index contributed by atoms with van der Waals surface area (Å²) in [4.78, 5) is 186. The molecule has 0 bridgehead atoms. The first kappa shape index (κ1) is 93.0. The minimum atomic E-state index is -1.66. The van der Waals surface area contributed by atoms with Gasteiger partial charge in [-0.1, -0.05) is 123 Å². The number of thioether (sulfide) groups is 1. The largest absolute Gasteiger partial charge is 0.390 e. The van der Waals surface area contributed by atoms with Crippen LogP contribution in [0.3, 0.4) is 0 Å². The van der Waals surface area contributed by atoms with Crippen LogP contribution in [0.25, 0.3) is 0 Å². The lowest BCUT2D eigenvalue weighted by Crippen LogP contribution is -2.64. The molecule has 0 aromatic heterocycles. The molecule has 0 aliphatic carbocycles. The zero-order valence-electron chi connectivity index (χ0n) is 67.2. The van der Waals surface area contributed by atoms with Crippen LogP contribution in [0.1, 0.15) is 214 Å². The number of aliphatic hydroxyl groups excluding tert-OH is 1. The van der Waals surface area contributed by atoms with Crippen LogP contribution in [0.5, 0.6) is 0 Å². The zero-order valence-corrected chi connectivity index (χ0v) is 68.0. The zero-order chi connectivity index (χ0) is 78.6. The Balaban J connectivity index is 3.09. The Kier molecular flexibility index (Phi) is 41.0. The Labute approximate surface area is 621 Å². The lowest BCUT2D eigenvalue weighted by molar-refractivity contribution is -0.162. The maximum atomic E-state index is 15.6. The maximum absolute atomic E-state index is 15.6. The minimum absolute atomic E-state index is 0.0228. The Hall–Kier alpha value is -6.13. The molecule has 14 atom stereocenters. The van der Waals surface area contributed by atoms with E-state index in [0.717, 1.165) is 61.6 Å². The van der Waals surface area contributed by atoms with Crippen molar-refractivity contribution < 1.29 is 72.1 Å².